The second-order valence-electron chi connectivity index (χ2n) is 6.06. The normalized spacial score (nSPS) is 11.1. The summed E-state index contributed by atoms with van der Waals surface area (Å²) in [5.41, 5.74) is -0.272. The third kappa shape index (κ3) is 3.32. The minimum Gasteiger partial charge on any atom is -0.493 e. The maximum Gasteiger partial charge on any atom is 0.335 e. The Morgan fingerprint density at radius 3 is 2.54 bits per heavy atom. The van der Waals surface area contributed by atoms with E-state index in [0.29, 0.717) is 16.8 Å². The quantitative estimate of drug-likeness (QED) is 0.408. The van der Waals surface area contributed by atoms with Gasteiger partial charge in [-0.25, -0.2) is 9.36 Å². The second kappa shape index (κ2) is 7.31. The molecule has 2 N–H and O–H groups in total. The van der Waals surface area contributed by atoms with E-state index in [-0.39, 0.29) is 16.9 Å². The minimum atomic E-state index is -0.820. The van der Waals surface area contributed by atoms with Crippen molar-refractivity contribution in [2.45, 2.75) is 13.8 Å². The molecule has 0 fully saturated rings. The van der Waals surface area contributed by atoms with Crippen molar-refractivity contribution in [1.29, 1.82) is 0 Å². The van der Waals surface area contributed by atoms with Crippen LogP contribution in [0.4, 0.5) is 11.4 Å². The van der Waals surface area contributed by atoms with Gasteiger partial charge in [-0.2, -0.15) is 0 Å². The predicted molar refractivity (Wildman–Crippen MR) is 104 cm³/mol. The van der Waals surface area contributed by atoms with Crippen molar-refractivity contribution >= 4 is 17.6 Å². The molecule has 0 saturated heterocycles. The molecule has 2 aromatic carbocycles. The van der Waals surface area contributed by atoms with Crippen LogP contribution in [-0.4, -0.2) is 25.8 Å². The van der Waals surface area contributed by atoms with Crippen molar-refractivity contribution < 1.29 is 10.0 Å². The van der Waals surface area contributed by atoms with Gasteiger partial charge in [0.2, 0.25) is 5.88 Å². The van der Waals surface area contributed by atoms with Gasteiger partial charge in [-0.05, 0) is 31.5 Å². The Hall–Kier alpha value is -4.01. The number of aliphatic imine (C=N–C) groups is 1. The van der Waals surface area contributed by atoms with E-state index in [0.717, 1.165) is 10.8 Å². The van der Waals surface area contributed by atoms with Gasteiger partial charge in [0.05, 0.1) is 21.9 Å². The monoisotopic (exact) mass is 380 g/mol. The fourth-order valence-electron chi connectivity index (χ4n) is 2.78. The van der Waals surface area contributed by atoms with Crippen LogP contribution in [0.3, 0.4) is 0 Å². The molecule has 0 bridgehead atoms. The first-order valence-corrected chi connectivity index (χ1v) is 8.23. The number of aryl methyl sites for hydroxylation is 1. The van der Waals surface area contributed by atoms with Crippen molar-refractivity contribution in [3.8, 4) is 11.6 Å². The number of nitro benzene ring substituents is 1. The number of aromatic amines is 1. The summed E-state index contributed by atoms with van der Waals surface area (Å²) < 4.78 is 0.971. The van der Waals surface area contributed by atoms with Crippen molar-refractivity contribution in [2.75, 3.05) is 0 Å². The van der Waals surface area contributed by atoms with Crippen molar-refractivity contribution in [1.82, 2.24) is 9.55 Å². The molecule has 0 radical (unpaired) electrons. The Morgan fingerprint density at radius 2 is 1.86 bits per heavy atom. The fraction of sp³-hybridized carbons (Fsp3) is 0.105. The van der Waals surface area contributed by atoms with Gasteiger partial charge in [-0.15, -0.1) is 0 Å². The average molecular weight is 380 g/mol. The Kier molecular flexibility index (Phi) is 4.90. The molecule has 0 aliphatic carbocycles. The van der Waals surface area contributed by atoms with Gasteiger partial charge in [0.1, 0.15) is 5.56 Å². The predicted octanol–water partition coefficient (Wildman–Crippen LogP) is 2.51. The zero-order valence-electron chi connectivity index (χ0n) is 15.0. The number of aromatic hydroxyl groups is 1. The number of hydrogen-bond donors (Lipinski definition) is 2. The molecular weight excluding hydrogens is 364 g/mol. The standard InChI is InChI=1S/C19H16N4O5/c1-11-6-3-4-8-15(11)22-18(25)13(17(24)21-19(22)26)10-20-14-7-5-9-16(12(14)2)23(27)28/h3-10,25H,1-2H3,(H,21,24,26). The zero-order valence-corrected chi connectivity index (χ0v) is 15.0. The largest absolute Gasteiger partial charge is 0.493 e. The lowest BCUT2D eigenvalue weighted by Gasteiger charge is -2.11. The van der Waals surface area contributed by atoms with Gasteiger partial charge in [0.15, 0.2) is 0 Å². The van der Waals surface area contributed by atoms with Gasteiger partial charge in [-0.1, -0.05) is 24.3 Å². The van der Waals surface area contributed by atoms with Crippen molar-refractivity contribution in [3.05, 3.63) is 90.1 Å². The van der Waals surface area contributed by atoms with Crippen LogP contribution < -0.4 is 11.2 Å². The van der Waals surface area contributed by atoms with Gasteiger partial charge in [0, 0.05) is 12.3 Å². The van der Waals surface area contributed by atoms with E-state index in [1.807, 2.05) is 0 Å². The van der Waals surface area contributed by atoms with Gasteiger partial charge in [0.25, 0.3) is 11.2 Å². The lowest BCUT2D eigenvalue weighted by Crippen LogP contribution is -2.31. The lowest BCUT2D eigenvalue weighted by molar-refractivity contribution is -0.385. The van der Waals surface area contributed by atoms with Crippen LogP contribution in [0.15, 0.2) is 57.0 Å². The molecule has 0 amide bonds. The summed E-state index contributed by atoms with van der Waals surface area (Å²) in [5.74, 6) is -0.574. The summed E-state index contributed by atoms with van der Waals surface area (Å²) in [6.45, 7) is 3.29. The minimum absolute atomic E-state index is 0.113. The lowest BCUT2D eigenvalue weighted by atomic mass is 10.1. The molecule has 1 aromatic heterocycles. The number of benzene rings is 2. The molecule has 0 aliphatic rings. The van der Waals surface area contributed by atoms with Crippen LogP contribution >= 0.6 is 0 Å². The Bertz CT molecular complexity index is 1220. The van der Waals surface area contributed by atoms with Crippen LogP contribution in [0.2, 0.25) is 0 Å². The fourth-order valence-corrected chi connectivity index (χ4v) is 2.78. The maximum atomic E-state index is 12.2. The molecule has 3 rings (SSSR count). The first-order valence-electron chi connectivity index (χ1n) is 8.23. The third-order valence-corrected chi connectivity index (χ3v) is 4.28. The SMILES string of the molecule is Cc1ccccc1-n1c(O)c(C=Nc2cccc([N+](=O)[O-])c2C)c(=O)[nH]c1=O. The summed E-state index contributed by atoms with van der Waals surface area (Å²) in [7, 11) is 0. The average Bonchev–Trinajstić information content (AvgIpc) is 2.63. The zero-order chi connectivity index (χ0) is 20.4. The molecule has 0 unspecified atom stereocenters. The molecule has 9 heteroatoms. The molecule has 0 atom stereocenters. The third-order valence-electron chi connectivity index (χ3n) is 4.28. The molecule has 9 nitrogen and oxygen atoms in total. The van der Waals surface area contributed by atoms with Gasteiger partial charge < -0.3 is 5.11 Å². The number of nitrogens with one attached hydrogen (secondary N) is 1. The first kappa shape index (κ1) is 18.8. The summed E-state index contributed by atoms with van der Waals surface area (Å²) in [6, 6.07) is 11.2. The molecule has 0 spiro atoms. The van der Waals surface area contributed by atoms with E-state index < -0.39 is 22.1 Å². The highest BCUT2D eigenvalue weighted by Crippen LogP contribution is 2.27. The number of H-pyrrole nitrogens is 1. The Morgan fingerprint density at radius 1 is 1.14 bits per heavy atom. The second-order valence-corrected chi connectivity index (χ2v) is 6.06. The number of aromatic nitrogens is 2. The summed E-state index contributed by atoms with van der Waals surface area (Å²) >= 11 is 0. The molecule has 3 aromatic rings. The van der Waals surface area contributed by atoms with Gasteiger partial charge >= 0.3 is 5.69 Å². The number of nitrogens with zero attached hydrogens (tertiary/aromatic N) is 3. The number of nitro groups is 1. The molecule has 142 valence electrons. The van der Waals surface area contributed by atoms with Crippen LogP contribution in [0, 0.1) is 24.0 Å². The Labute approximate surface area is 158 Å². The van der Waals surface area contributed by atoms with Crippen LogP contribution in [-0.2, 0) is 0 Å². The molecule has 28 heavy (non-hydrogen) atoms. The van der Waals surface area contributed by atoms with Crippen molar-refractivity contribution in [2.24, 2.45) is 4.99 Å². The molecule has 0 aliphatic heterocycles. The number of para-hydroxylation sites is 1. The first-order chi connectivity index (χ1) is 13.3. The summed E-state index contributed by atoms with van der Waals surface area (Å²) in [4.78, 5) is 41.2. The number of hydrogen-bond acceptors (Lipinski definition) is 6. The van der Waals surface area contributed by atoms with Crippen LogP contribution in [0.1, 0.15) is 16.7 Å². The molecule has 0 saturated carbocycles. The highest BCUT2D eigenvalue weighted by atomic mass is 16.6. The smallest absolute Gasteiger partial charge is 0.335 e. The van der Waals surface area contributed by atoms with E-state index in [9.17, 15) is 24.8 Å². The highest BCUT2D eigenvalue weighted by Gasteiger charge is 2.16. The van der Waals surface area contributed by atoms with Crippen LogP contribution in [0.25, 0.3) is 5.69 Å². The van der Waals surface area contributed by atoms with Gasteiger partial charge in [-0.3, -0.25) is 24.9 Å². The van der Waals surface area contributed by atoms with E-state index >= 15 is 0 Å². The topological polar surface area (TPSA) is 131 Å². The molecular formula is C19H16N4O5. The molecule has 1 heterocycles. The van der Waals surface area contributed by atoms with Crippen molar-refractivity contribution in [3.63, 3.8) is 0 Å². The summed E-state index contributed by atoms with van der Waals surface area (Å²) in [5, 5.41) is 21.6. The van der Waals surface area contributed by atoms with Crippen LogP contribution in [0.5, 0.6) is 5.88 Å². The van der Waals surface area contributed by atoms with E-state index in [4.69, 9.17) is 0 Å². The van der Waals surface area contributed by atoms with E-state index in [1.54, 1.807) is 37.3 Å². The highest BCUT2D eigenvalue weighted by molar-refractivity contribution is 5.85. The Balaban J connectivity index is 2.16. The number of rotatable bonds is 4. The van der Waals surface area contributed by atoms with E-state index in [1.165, 1.54) is 19.1 Å². The maximum absolute atomic E-state index is 12.2. The summed E-state index contributed by atoms with van der Waals surface area (Å²) in [6.07, 6.45) is 1.08. The van der Waals surface area contributed by atoms with E-state index in [2.05, 4.69) is 9.98 Å².